The second kappa shape index (κ2) is 11.2. The quantitative estimate of drug-likeness (QED) is 0.406. The molecule has 3 heterocycles. The summed E-state index contributed by atoms with van der Waals surface area (Å²) in [7, 11) is -3.83. The van der Waals surface area contributed by atoms with Crippen molar-refractivity contribution in [3.63, 3.8) is 0 Å². The number of hydrogen-bond donors (Lipinski definition) is 3. The van der Waals surface area contributed by atoms with Crippen LogP contribution >= 0.6 is 0 Å². The van der Waals surface area contributed by atoms with Crippen molar-refractivity contribution in [3.8, 4) is 0 Å². The number of carbonyl (C=O) groups is 1. The zero-order valence-corrected chi connectivity index (χ0v) is 23.3. The first-order valence-corrected chi connectivity index (χ1v) is 15.3. The number of halogens is 3. The van der Waals surface area contributed by atoms with Gasteiger partial charge < -0.3 is 20.3 Å². The number of amides is 1. The zero-order valence-electron chi connectivity index (χ0n) is 22.5. The molecule has 14 heteroatoms. The summed E-state index contributed by atoms with van der Waals surface area (Å²) in [5.41, 5.74) is -0.142. The monoisotopic (exact) mass is 597 g/mol. The molecule has 3 N–H and O–H groups in total. The van der Waals surface area contributed by atoms with Crippen molar-refractivity contribution < 1.29 is 31.5 Å². The molecule has 1 aromatic carbocycles. The van der Waals surface area contributed by atoms with Crippen molar-refractivity contribution in [2.24, 2.45) is 11.3 Å². The van der Waals surface area contributed by atoms with E-state index in [0.717, 1.165) is 12.8 Å². The molecule has 2 aromatic rings. The zero-order chi connectivity index (χ0) is 29.4. The average Bonchev–Trinajstić information content (AvgIpc) is 2.91. The molecule has 0 unspecified atom stereocenters. The van der Waals surface area contributed by atoms with Crippen LogP contribution in [-0.2, 0) is 10.0 Å². The van der Waals surface area contributed by atoms with E-state index in [9.17, 15) is 31.2 Å². The van der Waals surface area contributed by atoms with Crippen LogP contribution < -0.4 is 25.5 Å². The second-order valence-corrected chi connectivity index (χ2v) is 13.0. The lowest BCUT2D eigenvalue weighted by Gasteiger charge is -2.54. The Morgan fingerprint density at radius 3 is 2.49 bits per heavy atom. The predicted molar refractivity (Wildman–Crippen MR) is 150 cm³/mol. The summed E-state index contributed by atoms with van der Waals surface area (Å²) >= 11 is 0. The lowest BCUT2D eigenvalue weighted by atomic mass is 9.57. The van der Waals surface area contributed by atoms with Gasteiger partial charge in [-0.3, -0.25) is 18.7 Å². The van der Waals surface area contributed by atoms with Crippen LogP contribution in [0.1, 0.15) is 42.5 Å². The third-order valence-corrected chi connectivity index (χ3v) is 9.88. The fourth-order valence-electron chi connectivity index (χ4n) is 5.98. The van der Waals surface area contributed by atoms with Crippen molar-refractivity contribution in [2.45, 2.75) is 38.0 Å². The molecule has 0 bridgehead atoms. The predicted octanol–water partition coefficient (Wildman–Crippen LogP) is 2.78. The number of piperidine rings is 2. The van der Waals surface area contributed by atoms with Crippen LogP contribution in [0.3, 0.4) is 0 Å². The van der Waals surface area contributed by atoms with Gasteiger partial charge in [-0.1, -0.05) is 0 Å². The molecular weight excluding hydrogens is 563 g/mol. The number of alkyl halides is 3. The first-order valence-electron chi connectivity index (χ1n) is 13.7. The van der Waals surface area contributed by atoms with Crippen LogP contribution in [0.5, 0.6) is 0 Å². The Hall–Kier alpha value is -3.26. The van der Waals surface area contributed by atoms with E-state index in [0.29, 0.717) is 25.2 Å². The number of hydrogen-bond acceptors (Lipinski definition) is 7. The molecular formula is C27H34F3N5O5S. The summed E-state index contributed by atoms with van der Waals surface area (Å²) < 4.78 is 69.3. The highest BCUT2D eigenvalue weighted by Crippen LogP contribution is 2.53. The Balaban J connectivity index is 1.42. The van der Waals surface area contributed by atoms with E-state index in [1.807, 2.05) is 4.90 Å². The second-order valence-electron chi connectivity index (χ2n) is 11.1. The number of aliphatic hydroxyl groups excluding tert-OH is 1. The molecule has 3 fully saturated rings. The minimum Gasteiger partial charge on any atom is -0.395 e. The molecule has 0 radical (unpaired) electrons. The van der Waals surface area contributed by atoms with E-state index in [1.165, 1.54) is 40.1 Å². The SMILES string of the molecule is O=C(Nc1cccn(N2CCC(F)(F)CC2)c1=O)c1ccc(NS(=O)(=O)CCO)cc1N1CC[C@@]2(CF)CC[C@H]2C1. The van der Waals surface area contributed by atoms with Gasteiger partial charge in [-0.25, -0.2) is 21.9 Å². The summed E-state index contributed by atoms with van der Waals surface area (Å²) in [5.74, 6) is -3.78. The van der Waals surface area contributed by atoms with Crippen LogP contribution in [-0.4, -0.2) is 75.2 Å². The molecule has 1 aliphatic carbocycles. The van der Waals surface area contributed by atoms with Crippen molar-refractivity contribution >= 4 is 33.0 Å². The fraction of sp³-hybridized carbons (Fsp3) is 0.556. The Morgan fingerprint density at radius 2 is 1.85 bits per heavy atom. The van der Waals surface area contributed by atoms with Crippen molar-refractivity contribution in [1.29, 1.82) is 0 Å². The summed E-state index contributed by atoms with van der Waals surface area (Å²) in [4.78, 5) is 28.7. The van der Waals surface area contributed by atoms with Gasteiger partial charge in [0.15, 0.2) is 0 Å². The molecule has 224 valence electrons. The van der Waals surface area contributed by atoms with E-state index in [1.54, 1.807) is 6.07 Å². The summed E-state index contributed by atoms with van der Waals surface area (Å²) in [6.45, 7) is -0.0394. The number of benzene rings is 1. The van der Waals surface area contributed by atoms with Gasteiger partial charge in [0.2, 0.25) is 10.0 Å². The Kier molecular flexibility index (Phi) is 7.99. The highest BCUT2D eigenvalue weighted by atomic mass is 32.2. The minimum atomic E-state index is -3.83. The molecule has 2 atom stereocenters. The maximum absolute atomic E-state index is 13.9. The van der Waals surface area contributed by atoms with Gasteiger partial charge in [0.1, 0.15) is 5.69 Å². The lowest BCUT2D eigenvalue weighted by Crippen LogP contribution is -2.54. The highest BCUT2D eigenvalue weighted by molar-refractivity contribution is 7.92. The van der Waals surface area contributed by atoms with Crippen molar-refractivity contribution in [1.82, 2.24) is 4.68 Å². The lowest BCUT2D eigenvalue weighted by molar-refractivity contribution is -0.0260. The first kappa shape index (κ1) is 29.2. The van der Waals surface area contributed by atoms with E-state index < -0.39 is 46.4 Å². The summed E-state index contributed by atoms with van der Waals surface area (Å²) in [6, 6.07) is 7.37. The molecule has 1 amide bonds. The molecule has 3 aliphatic rings. The van der Waals surface area contributed by atoms with Crippen molar-refractivity contribution in [3.05, 3.63) is 52.4 Å². The Bertz CT molecular complexity index is 1460. The third kappa shape index (κ3) is 6.03. The molecule has 2 aliphatic heterocycles. The van der Waals surface area contributed by atoms with Gasteiger partial charge >= 0.3 is 0 Å². The maximum Gasteiger partial charge on any atom is 0.292 e. The number of pyridine rings is 1. The number of fused-ring (bicyclic) bond motifs is 1. The maximum atomic E-state index is 13.9. The van der Waals surface area contributed by atoms with Crippen LogP contribution in [0.2, 0.25) is 0 Å². The fourth-order valence-corrected chi connectivity index (χ4v) is 6.80. The van der Waals surface area contributed by atoms with Crippen LogP contribution in [0.25, 0.3) is 0 Å². The number of rotatable bonds is 9. The van der Waals surface area contributed by atoms with Crippen molar-refractivity contribution in [2.75, 3.05) is 65.2 Å². The van der Waals surface area contributed by atoms with Crippen LogP contribution in [0, 0.1) is 11.3 Å². The highest BCUT2D eigenvalue weighted by Gasteiger charge is 2.50. The number of aliphatic hydroxyl groups is 1. The van der Waals surface area contributed by atoms with Crippen LogP contribution in [0.15, 0.2) is 41.3 Å². The number of nitrogens with zero attached hydrogens (tertiary/aromatic N) is 3. The summed E-state index contributed by atoms with van der Waals surface area (Å²) in [5, 5.41) is 13.2. The van der Waals surface area contributed by atoms with E-state index >= 15 is 0 Å². The van der Waals surface area contributed by atoms with Gasteiger partial charge in [-0.15, -0.1) is 0 Å². The molecule has 1 aromatic heterocycles. The third-order valence-electron chi connectivity index (χ3n) is 8.61. The van der Waals surface area contributed by atoms with Gasteiger partial charge in [0.05, 0.1) is 36.0 Å². The number of carbonyl (C=O) groups excluding carboxylic acids is 1. The van der Waals surface area contributed by atoms with E-state index in [-0.39, 0.29) is 54.2 Å². The largest absolute Gasteiger partial charge is 0.395 e. The normalized spacial score (nSPS) is 23.9. The van der Waals surface area contributed by atoms with E-state index in [2.05, 4.69) is 10.0 Å². The van der Waals surface area contributed by atoms with Crippen LogP contribution in [0.4, 0.5) is 30.2 Å². The van der Waals surface area contributed by atoms with Gasteiger partial charge in [-0.05, 0) is 55.5 Å². The molecule has 2 saturated heterocycles. The number of nitrogens with one attached hydrogen (secondary N) is 2. The first-order chi connectivity index (χ1) is 19.5. The minimum absolute atomic E-state index is 0.0153. The average molecular weight is 598 g/mol. The van der Waals surface area contributed by atoms with E-state index in [4.69, 9.17) is 5.11 Å². The van der Waals surface area contributed by atoms with Gasteiger partial charge in [-0.2, -0.15) is 0 Å². The standard InChI is InChI=1S/C27H34F3N5O5S/c28-18-26-6-5-19(26)17-33(11-7-26)23-16-20(32-41(39,40)15-14-36)3-4-21(23)24(37)31-22-2-1-10-35(25(22)38)34-12-8-27(29,30)9-13-34/h1-4,10,16,19,32,36H,5-9,11-15,17-18H2,(H,31,37)/t19-,26+/m0/s1. The van der Waals surface area contributed by atoms with Gasteiger partial charge in [0, 0.05) is 50.6 Å². The summed E-state index contributed by atoms with van der Waals surface area (Å²) in [6.07, 6.45) is 2.96. The molecule has 1 saturated carbocycles. The smallest absolute Gasteiger partial charge is 0.292 e. The number of sulfonamides is 1. The topological polar surface area (TPSA) is 124 Å². The molecule has 5 rings (SSSR count). The molecule has 0 spiro atoms. The number of anilines is 3. The molecule has 41 heavy (non-hydrogen) atoms. The number of aromatic nitrogens is 1. The molecule has 10 nitrogen and oxygen atoms in total. The van der Waals surface area contributed by atoms with Gasteiger partial charge in [0.25, 0.3) is 17.4 Å². The Morgan fingerprint density at radius 1 is 1.10 bits per heavy atom. The Labute approximate surface area is 236 Å².